The molecule has 1 aliphatic carbocycles. The molecule has 1 aromatic carbocycles. The summed E-state index contributed by atoms with van der Waals surface area (Å²) in [5, 5.41) is 0. The quantitative estimate of drug-likeness (QED) is 0.713. The summed E-state index contributed by atoms with van der Waals surface area (Å²) in [4.78, 5) is 24.5. The molecule has 2 aromatic rings. The normalized spacial score (nSPS) is 15.1. The van der Waals surface area contributed by atoms with Crippen LogP contribution in [-0.4, -0.2) is 15.8 Å². The Morgan fingerprint density at radius 2 is 1.88 bits per heavy atom. The maximum absolute atomic E-state index is 12.8. The molecule has 128 valence electrons. The summed E-state index contributed by atoms with van der Waals surface area (Å²) in [5.41, 5.74) is 2.12. The summed E-state index contributed by atoms with van der Waals surface area (Å²) in [6.07, 6.45) is 8.70. The lowest BCUT2D eigenvalue weighted by Crippen LogP contribution is -2.30. The monoisotopic (exact) mass is 333 g/mol. The number of nitrogens with zero attached hydrogens (tertiary/aromatic N) is 3. The summed E-state index contributed by atoms with van der Waals surface area (Å²) in [5.74, 6) is 1.17. The van der Waals surface area contributed by atoms with Gasteiger partial charge in [0.15, 0.2) is 5.69 Å². The van der Waals surface area contributed by atoms with Gasteiger partial charge in [0.2, 0.25) is 0 Å². The third kappa shape index (κ3) is 3.76. The number of benzene rings is 1. The fraction of sp³-hybridized carbons (Fsp3) is 0.429. The van der Waals surface area contributed by atoms with Crippen molar-refractivity contribution in [2.75, 3.05) is 0 Å². The topological polar surface area (TPSA) is 47.2 Å². The van der Waals surface area contributed by atoms with Gasteiger partial charge >= 0.3 is 0 Å². The Kier molecular flexibility index (Phi) is 4.94. The zero-order chi connectivity index (χ0) is 17.9. The molecular formula is C21H23N3O. The van der Waals surface area contributed by atoms with Crippen LogP contribution in [0.15, 0.2) is 36.7 Å². The van der Waals surface area contributed by atoms with Crippen LogP contribution in [-0.2, 0) is 10.2 Å². The van der Waals surface area contributed by atoms with Crippen molar-refractivity contribution >= 4 is 11.6 Å². The molecule has 0 radical (unpaired) electrons. The first-order valence-corrected chi connectivity index (χ1v) is 8.84. The first-order chi connectivity index (χ1) is 12.0. The number of hydrogen-bond acceptors (Lipinski definition) is 3. The number of rotatable bonds is 5. The number of carbonyl (C=O) groups is 1. The Morgan fingerprint density at radius 3 is 2.52 bits per heavy atom. The van der Waals surface area contributed by atoms with E-state index in [9.17, 15) is 4.79 Å². The van der Waals surface area contributed by atoms with Crippen molar-refractivity contribution in [1.29, 1.82) is 0 Å². The maximum Gasteiger partial charge on any atom is 0.288 e. The Hall–Kier alpha value is -2.54. The molecule has 0 bridgehead atoms. The van der Waals surface area contributed by atoms with Crippen LogP contribution in [0.4, 0.5) is 5.82 Å². The van der Waals surface area contributed by atoms with Crippen LogP contribution in [0.1, 0.15) is 51.5 Å². The number of ketones is 1. The second-order valence-corrected chi connectivity index (χ2v) is 7.35. The third-order valence-electron chi connectivity index (χ3n) is 5.28. The van der Waals surface area contributed by atoms with Crippen molar-refractivity contribution in [3.63, 3.8) is 0 Å². The maximum atomic E-state index is 12.8. The summed E-state index contributed by atoms with van der Waals surface area (Å²) in [6, 6.07) is 7.90. The molecule has 4 nitrogen and oxygen atoms in total. The van der Waals surface area contributed by atoms with Gasteiger partial charge in [0.05, 0.1) is 12.4 Å². The third-order valence-corrected chi connectivity index (χ3v) is 5.28. The number of carbonyl (C=O) groups excluding carboxylic acids is 1. The van der Waals surface area contributed by atoms with Gasteiger partial charge in [0, 0.05) is 17.4 Å². The van der Waals surface area contributed by atoms with Gasteiger partial charge in [-0.05, 0) is 25.3 Å². The van der Waals surface area contributed by atoms with Crippen LogP contribution < -0.4 is 0 Å². The van der Waals surface area contributed by atoms with Gasteiger partial charge in [-0.3, -0.25) is 9.78 Å². The average Bonchev–Trinajstić information content (AvgIpc) is 3.15. The van der Waals surface area contributed by atoms with E-state index in [0.29, 0.717) is 23.8 Å². The molecule has 0 amide bonds. The number of Topliss-reactive ketones (excluding diaryl/α,β-unsaturated/α-hetero) is 1. The van der Waals surface area contributed by atoms with Crippen molar-refractivity contribution in [3.8, 4) is 11.3 Å². The highest BCUT2D eigenvalue weighted by Crippen LogP contribution is 2.33. The first-order valence-electron chi connectivity index (χ1n) is 8.84. The van der Waals surface area contributed by atoms with Gasteiger partial charge in [0.1, 0.15) is 5.78 Å². The Labute approximate surface area is 149 Å². The Balaban J connectivity index is 1.78. The molecule has 25 heavy (non-hydrogen) atoms. The Bertz CT molecular complexity index is 797. The molecule has 1 saturated carbocycles. The highest BCUT2D eigenvalue weighted by molar-refractivity contribution is 5.89. The second kappa shape index (κ2) is 7.14. The Morgan fingerprint density at radius 1 is 1.20 bits per heavy atom. The molecule has 0 N–H and O–H groups in total. The van der Waals surface area contributed by atoms with E-state index >= 15 is 0 Å². The predicted octanol–water partition coefficient (Wildman–Crippen LogP) is 5.12. The molecule has 1 aliphatic rings. The fourth-order valence-electron chi connectivity index (χ4n) is 3.50. The van der Waals surface area contributed by atoms with Crippen LogP contribution in [0, 0.1) is 12.5 Å². The van der Waals surface area contributed by atoms with Crippen molar-refractivity contribution < 1.29 is 4.79 Å². The number of aromatic nitrogens is 2. The number of hydrogen-bond donors (Lipinski definition) is 0. The van der Waals surface area contributed by atoms with Gasteiger partial charge in [-0.15, -0.1) is 4.98 Å². The molecule has 0 unspecified atom stereocenters. The van der Waals surface area contributed by atoms with E-state index in [1.165, 1.54) is 31.9 Å². The van der Waals surface area contributed by atoms with Gasteiger partial charge in [-0.25, -0.2) is 0 Å². The minimum Gasteiger partial charge on any atom is -0.359 e. The molecular weight excluding hydrogens is 310 g/mol. The molecule has 1 heterocycles. The minimum absolute atomic E-state index is 0.286. The van der Waals surface area contributed by atoms with E-state index in [0.717, 1.165) is 11.1 Å². The standard InChI is InChI=1S/C21H23N3O/c1-21(2,19(25)12-15-6-4-5-7-15)17-10-8-16(9-11-17)18-13-23-14-20(22-3)24-18/h8-11,13-15H,4-7,12H2,1-2H3. The smallest absolute Gasteiger partial charge is 0.288 e. The van der Waals surface area contributed by atoms with Crippen molar-refractivity contribution in [1.82, 2.24) is 9.97 Å². The van der Waals surface area contributed by atoms with E-state index in [4.69, 9.17) is 6.57 Å². The molecule has 4 heteroatoms. The summed E-state index contributed by atoms with van der Waals surface area (Å²) < 4.78 is 0. The van der Waals surface area contributed by atoms with Gasteiger partial charge in [-0.2, -0.15) is 0 Å². The molecule has 1 aromatic heterocycles. The van der Waals surface area contributed by atoms with E-state index in [1.54, 1.807) is 6.20 Å². The molecule has 0 spiro atoms. The zero-order valence-electron chi connectivity index (χ0n) is 14.8. The molecule has 0 aliphatic heterocycles. The van der Waals surface area contributed by atoms with E-state index in [2.05, 4.69) is 14.8 Å². The fourth-order valence-corrected chi connectivity index (χ4v) is 3.50. The van der Waals surface area contributed by atoms with Crippen LogP contribution in [0.25, 0.3) is 16.1 Å². The van der Waals surface area contributed by atoms with Crippen LogP contribution in [0.3, 0.4) is 0 Å². The summed E-state index contributed by atoms with van der Waals surface area (Å²) in [6.45, 7) is 11.1. The molecule has 0 atom stereocenters. The summed E-state index contributed by atoms with van der Waals surface area (Å²) >= 11 is 0. The second-order valence-electron chi connectivity index (χ2n) is 7.35. The van der Waals surface area contributed by atoms with Crippen LogP contribution in [0.5, 0.6) is 0 Å². The minimum atomic E-state index is -0.481. The largest absolute Gasteiger partial charge is 0.359 e. The molecule has 3 rings (SSSR count). The van der Waals surface area contributed by atoms with Gasteiger partial charge < -0.3 is 4.85 Å². The lowest BCUT2D eigenvalue weighted by Gasteiger charge is -2.25. The van der Waals surface area contributed by atoms with Gasteiger partial charge in [-0.1, -0.05) is 56.5 Å². The predicted molar refractivity (Wildman–Crippen MR) is 98.3 cm³/mol. The average molecular weight is 333 g/mol. The highest BCUT2D eigenvalue weighted by Gasteiger charge is 2.32. The SMILES string of the molecule is [C-]#[N+]c1cncc(-c2ccc(C(C)(C)C(=O)CC3CCCC3)cc2)n1. The first kappa shape index (κ1) is 17.3. The van der Waals surface area contributed by atoms with Crippen molar-refractivity contribution in [2.24, 2.45) is 5.92 Å². The van der Waals surface area contributed by atoms with E-state index in [-0.39, 0.29) is 5.82 Å². The van der Waals surface area contributed by atoms with Crippen molar-refractivity contribution in [3.05, 3.63) is 53.6 Å². The van der Waals surface area contributed by atoms with E-state index < -0.39 is 5.41 Å². The van der Waals surface area contributed by atoms with Gasteiger partial charge in [0.25, 0.3) is 5.82 Å². The van der Waals surface area contributed by atoms with Crippen LogP contribution in [0.2, 0.25) is 0 Å². The lowest BCUT2D eigenvalue weighted by molar-refractivity contribution is -0.124. The lowest BCUT2D eigenvalue weighted by atomic mass is 9.77. The summed E-state index contributed by atoms with van der Waals surface area (Å²) in [7, 11) is 0. The zero-order valence-corrected chi connectivity index (χ0v) is 14.8. The molecule has 0 saturated heterocycles. The van der Waals surface area contributed by atoms with Crippen molar-refractivity contribution in [2.45, 2.75) is 51.4 Å². The molecule has 1 fully saturated rings. The van der Waals surface area contributed by atoms with Crippen LogP contribution >= 0.6 is 0 Å². The highest BCUT2D eigenvalue weighted by atomic mass is 16.1. The van der Waals surface area contributed by atoms with E-state index in [1.807, 2.05) is 38.1 Å².